The molecule has 0 saturated carbocycles. The Labute approximate surface area is 279 Å². The Morgan fingerprint density at radius 2 is 1.77 bits per heavy atom. The zero-order chi connectivity index (χ0) is 33.9. The van der Waals surface area contributed by atoms with E-state index in [0.717, 1.165) is 5.56 Å². The second-order valence-electron chi connectivity index (χ2n) is 9.96. The number of hydrogen-bond acceptors (Lipinski definition) is 9. The molecule has 0 radical (unpaired) electrons. The maximum atomic E-state index is 13.2. The molecule has 3 N–H and O–H groups in total. The number of urea groups is 1. The molecule has 3 aromatic rings. The zero-order valence-corrected chi connectivity index (χ0v) is 27.7. The van der Waals surface area contributed by atoms with E-state index in [2.05, 4.69) is 37.1 Å². The van der Waals surface area contributed by atoms with Crippen LogP contribution in [0, 0.1) is 5.82 Å². The number of hydrazone groups is 1. The van der Waals surface area contributed by atoms with E-state index in [9.17, 15) is 18.8 Å². The Bertz CT molecular complexity index is 1680. The van der Waals surface area contributed by atoms with Crippen LogP contribution in [0.2, 0.25) is 0 Å². The van der Waals surface area contributed by atoms with Gasteiger partial charge in [-0.25, -0.2) is 19.4 Å². The van der Waals surface area contributed by atoms with Gasteiger partial charge in [-0.05, 0) is 89.8 Å². The molecule has 47 heavy (non-hydrogen) atoms. The van der Waals surface area contributed by atoms with Crippen LogP contribution in [0.15, 0.2) is 75.4 Å². The first-order chi connectivity index (χ1) is 22.6. The smallest absolute Gasteiger partial charge is 0.338 e. The van der Waals surface area contributed by atoms with Crippen molar-refractivity contribution in [1.29, 1.82) is 0 Å². The predicted octanol–water partition coefficient (Wildman–Crippen LogP) is 5.29. The number of ether oxygens (including phenoxy) is 5. The molecule has 0 aromatic heterocycles. The molecule has 1 aliphatic rings. The van der Waals surface area contributed by atoms with Crippen LogP contribution in [0.1, 0.15) is 43.5 Å². The van der Waals surface area contributed by atoms with Crippen LogP contribution in [-0.2, 0) is 20.9 Å². The van der Waals surface area contributed by atoms with Crippen molar-refractivity contribution < 1.29 is 42.5 Å². The summed E-state index contributed by atoms with van der Waals surface area (Å²) in [5, 5.41) is 9.33. The van der Waals surface area contributed by atoms with Gasteiger partial charge in [0.25, 0.3) is 5.91 Å². The van der Waals surface area contributed by atoms with Gasteiger partial charge in [0.05, 0.1) is 42.6 Å². The first kappa shape index (κ1) is 34.8. The van der Waals surface area contributed by atoms with Crippen molar-refractivity contribution in [2.75, 3.05) is 26.9 Å². The third-order valence-corrected chi connectivity index (χ3v) is 7.26. The molecule has 0 spiro atoms. The van der Waals surface area contributed by atoms with Crippen molar-refractivity contribution in [3.8, 4) is 23.0 Å². The van der Waals surface area contributed by atoms with E-state index >= 15 is 0 Å². The minimum Gasteiger partial charge on any atom is -0.493 e. The normalized spacial score (nSPS) is 14.3. The summed E-state index contributed by atoms with van der Waals surface area (Å²) in [5.41, 5.74) is 5.00. The van der Waals surface area contributed by atoms with Crippen molar-refractivity contribution in [1.82, 2.24) is 16.1 Å². The van der Waals surface area contributed by atoms with Crippen LogP contribution in [0.4, 0.5) is 9.18 Å². The second kappa shape index (κ2) is 16.5. The largest absolute Gasteiger partial charge is 0.493 e. The summed E-state index contributed by atoms with van der Waals surface area (Å²) in [7, 11) is 1.43. The Balaban J connectivity index is 1.38. The minimum atomic E-state index is -0.790. The molecular formula is C33H34BrFN4O8. The summed E-state index contributed by atoms with van der Waals surface area (Å²) in [6.07, 6.45) is 1.44. The van der Waals surface area contributed by atoms with Gasteiger partial charge in [-0.15, -0.1) is 0 Å². The van der Waals surface area contributed by atoms with E-state index < -0.39 is 23.9 Å². The molecule has 0 aliphatic carbocycles. The van der Waals surface area contributed by atoms with Gasteiger partial charge < -0.3 is 34.3 Å². The average Bonchev–Trinajstić information content (AvgIpc) is 3.04. The first-order valence-electron chi connectivity index (χ1n) is 14.5. The highest BCUT2D eigenvalue weighted by Gasteiger charge is 2.32. The van der Waals surface area contributed by atoms with E-state index in [4.69, 9.17) is 23.7 Å². The lowest BCUT2D eigenvalue weighted by atomic mass is 9.95. The number of carbonyl (C=O) groups is 3. The molecular weight excluding hydrogens is 679 g/mol. The molecule has 3 amide bonds. The van der Waals surface area contributed by atoms with Crippen LogP contribution < -0.4 is 35.0 Å². The highest BCUT2D eigenvalue weighted by Crippen LogP contribution is 2.37. The fraction of sp³-hybridized carbons (Fsp3) is 0.273. The van der Waals surface area contributed by atoms with Gasteiger partial charge in [-0.2, -0.15) is 5.10 Å². The molecule has 0 bridgehead atoms. The van der Waals surface area contributed by atoms with Gasteiger partial charge in [-0.3, -0.25) is 4.79 Å². The number of allylic oxidation sites excluding steroid dienone is 1. The topological polar surface area (TPSA) is 146 Å². The van der Waals surface area contributed by atoms with Crippen LogP contribution in [0.5, 0.6) is 23.0 Å². The molecule has 12 nitrogen and oxygen atoms in total. The minimum absolute atomic E-state index is 0.172. The van der Waals surface area contributed by atoms with Crippen molar-refractivity contribution >= 4 is 40.1 Å². The number of halogens is 2. The number of rotatable bonds is 14. The standard InChI is InChI=1S/C33H34BrFN4O8/c1-5-44-27-14-21(13-24(34)31(27)47-17-20-7-10-23(35)11-8-20)16-36-39-28(40)18-46-25-12-9-22(15-26(25)43-4)30-29(32(41)45-6-2)19(3)37-33(42)38-30/h7-16,30H,5-6,17-18H2,1-4H3,(H,39,40)(H2,37,38,42)/b36-16-/t30-/m1/s1. The zero-order valence-electron chi connectivity index (χ0n) is 26.1. The SMILES string of the molecule is CCOC(=O)C1=C(C)NC(=O)N[C@@H]1c1ccc(OCC(=O)N/N=C\c2cc(Br)c(OCc3ccc(F)cc3)c(OCC)c2)c(OC)c1. The molecule has 3 aromatic carbocycles. The highest BCUT2D eigenvalue weighted by molar-refractivity contribution is 9.10. The van der Waals surface area contributed by atoms with E-state index in [-0.39, 0.29) is 42.7 Å². The van der Waals surface area contributed by atoms with Gasteiger partial charge in [0, 0.05) is 5.70 Å². The van der Waals surface area contributed by atoms with Gasteiger partial charge in [0.2, 0.25) is 0 Å². The van der Waals surface area contributed by atoms with E-state index in [1.165, 1.54) is 25.5 Å². The number of nitrogens with one attached hydrogen (secondary N) is 3. The molecule has 0 fully saturated rings. The van der Waals surface area contributed by atoms with Gasteiger partial charge in [-0.1, -0.05) is 18.2 Å². The maximum Gasteiger partial charge on any atom is 0.338 e. The molecule has 1 heterocycles. The number of benzene rings is 3. The molecule has 1 aliphatic heterocycles. The third kappa shape index (κ3) is 9.22. The van der Waals surface area contributed by atoms with Crippen molar-refractivity contribution in [3.05, 3.63) is 92.8 Å². The Morgan fingerprint density at radius 1 is 1.00 bits per heavy atom. The summed E-state index contributed by atoms with van der Waals surface area (Å²) in [4.78, 5) is 37.3. The second-order valence-corrected chi connectivity index (χ2v) is 10.8. The van der Waals surface area contributed by atoms with E-state index in [1.807, 2.05) is 6.92 Å². The lowest BCUT2D eigenvalue weighted by Crippen LogP contribution is -2.45. The summed E-state index contributed by atoms with van der Waals surface area (Å²) < 4.78 is 41.8. The molecule has 248 valence electrons. The fourth-order valence-electron chi connectivity index (χ4n) is 4.56. The summed E-state index contributed by atoms with van der Waals surface area (Å²) in [5.74, 6) is 0.0384. The van der Waals surface area contributed by atoms with Gasteiger partial charge in [0.1, 0.15) is 12.4 Å². The summed E-state index contributed by atoms with van der Waals surface area (Å²) in [6, 6.07) is 13.0. The average molecular weight is 714 g/mol. The molecule has 4 rings (SSSR count). The lowest BCUT2D eigenvalue weighted by molar-refractivity contribution is -0.139. The fourth-order valence-corrected chi connectivity index (χ4v) is 5.14. The predicted molar refractivity (Wildman–Crippen MR) is 174 cm³/mol. The van der Waals surface area contributed by atoms with Gasteiger partial charge in [0.15, 0.2) is 29.6 Å². The third-order valence-electron chi connectivity index (χ3n) is 6.68. The summed E-state index contributed by atoms with van der Waals surface area (Å²) in [6.45, 7) is 5.53. The highest BCUT2D eigenvalue weighted by atomic mass is 79.9. The van der Waals surface area contributed by atoms with Crippen LogP contribution >= 0.6 is 15.9 Å². The maximum absolute atomic E-state index is 13.2. The number of hydrogen-bond donors (Lipinski definition) is 3. The number of methoxy groups -OCH3 is 1. The van der Waals surface area contributed by atoms with Crippen molar-refractivity contribution in [2.24, 2.45) is 5.10 Å². The number of amides is 3. The number of esters is 1. The number of carbonyl (C=O) groups excluding carboxylic acids is 3. The molecule has 0 unspecified atom stereocenters. The van der Waals surface area contributed by atoms with E-state index in [0.29, 0.717) is 39.4 Å². The molecule has 14 heteroatoms. The van der Waals surface area contributed by atoms with E-state index in [1.54, 1.807) is 56.3 Å². The van der Waals surface area contributed by atoms with Crippen molar-refractivity contribution in [3.63, 3.8) is 0 Å². The first-order valence-corrected chi connectivity index (χ1v) is 15.3. The monoisotopic (exact) mass is 712 g/mol. The number of nitrogens with zero attached hydrogens (tertiary/aromatic N) is 1. The van der Waals surface area contributed by atoms with Crippen LogP contribution in [-0.4, -0.2) is 51.1 Å². The lowest BCUT2D eigenvalue weighted by Gasteiger charge is -2.28. The quantitative estimate of drug-likeness (QED) is 0.116. The Kier molecular flexibility index (Phi) is 12.2. The van der Waals surface area contributed by atoms with Crippen LogP contribution in [0.3, 0.4) is 0 Å². The Hall–Kier alpha value is -5.11. The summed E-state index contributed by atoms with van der Waals surface area (Å²) >= 11 is 3.50. The molecule has 1 atom stereocenters. The van der Waals surface area contributed by atoms with Crippen LogP contribution in [0.25, 0.3) is 0 Å². The van der Waals surface area contributed by atoms with Crippen molar-refractivity contribution in [2.45, 2.75) is 33.4 Å². The Morgan fingerprint density at radius 3 is 2.47 bits per heavy atom. The molecule has 0 saturated heterocycles. The van der Waals surface area contributed by atoms with Gasteiger partial charge >= 0.3 is 12.0 Å².